The van der Waals surface area contributed by atoms with Crippen LogP contribution in [0.15, 0.2) is 97.1 Å². The van der Waals surface area contributed by atoms with Crippen molar-refractivity contribution in [3.63, 3.8) is 0 Å². The smallest absolute Gasteiger partial charge is 0.243 e. The lowest BCUT2D eigenvalue weighted by Crippen LogP contribution is -2.36. The highest BCUT2D eigenvalue weighted by Gasteiger charge is 2.35. The molecular weight excluding hydrogens is 430 g/mol. The fourth-order valence-electron chi connectivity index (χ4n) is 5.64. The third-order valence-electron chi connectivity index (χ3n) is 7.33. The summed E-state index contributed by atoms with van der Waals surface area (Å²) >= 11 is 0. The Kier molecular flexibility index (Phi) is 5.79. The van der Waals surface area contributed by atoms with Gasteiger partial charge >= 0.3 is 0 Å². The molecule has 1 N–H and O–H groups in total. The van der Waals surface area contributed by atoms with Gasteiger partial charge in [0.2, 0.25) is 5.91 Å². The van der Waals surface area contributed by atoms with E-state index < -0.39 is 0 Å². The number of nitrogens with zero attached hydrogens (tertiary/aromatic N) is 2. The normalized spacial score (nSPS) is 15.0. The van der Waals surface area contributed by atoms with E-state index in [4.69, 9.17) is 4.98 Å². The first-order valence-electron chi connectivity index (χ1n) is 12.6. The van der Waals surface area contributed by atoms with Gasteiger partial charge in [0.05, 0.1) is 11.0 Å². The van der Waals surface area contributed by atoms with Crippen molar-refractivity contribution < 1.29 is 4.79 Å². The van der Waals surface area contributed by atoms with Gasteiger partial charge in [-0.25, -0.2) is 4.98 Å². The van der Waals surface area contributed by atoms with Crippen LogP contribution in [0.25, 0.3) is 33.2 Å². The Morgan fingerprint density at radius 2 is 1.57 bits per heavy atom. The minimum Gasteiger partial charge on any atom is -0.350 e. The summed E-state index contributed by atoms with van der Waals surface area (Å²) in [6.07, 6.45) is 4.46. The predicted octanol–water partition coefficient (Wildman–Crippen LogP) is 6.90. The Morgan fingerprint density at radius 1 is 0.857 bits per heavy atom. The molecule has 1 heterocycles. The number of hydrogen-bond donors (Lipinski definition) is 1. The van der Waals surface area contributed by atoms with Gasteiger partial charge in [0.1, 0.15) is 11.9 Å². The summed E-state index contributed by atoms with van der Waals surface area (Å²) in [6.45, 7) is 0.527. The zero-order valence-electron chi connectivity index (χ0n) is 19.7. The predicted molar refractivity (Wildman–Crippen MR) is 142 cm³/mol. The van der Waals surface area contributed by atoms with Crippen molar-refractivity contribution in [3.8, 4) is 11.4 Å². The Balaban J connectivity index is 1.50. The molecule has 6 rings (SSSR count). The molecule has 1 saturated carbocycles. The molecule has 0 bridgehead atoms. The lowest BCUT2D eigenvalue weighted by Gasteiger charge is -2.27. The number of fused-ring (bicyclic) bond motifs is 2. The molecule has 0 aliphatic heterocycles. The van der Waals surface area contributed by atoms with Crippen LogP contribution in [0.2, 0.25) is 0 Å². The summed E-state index contributed by atoms with van der Waals surface area (Å²) < 4.78 is 2.23. The molecule has 5 aromatic rings. The van der Waals surface area contributed by atoms with Crippen molar-refractivity contribution >= 4 is 27.7 Å². The number of benzene rings is 4. The van der Waals surface area contributed by atoms with Crippen LogP contribution in [0.1, 0.15) is 37.3 Å². The van der Waals surface area contributed by atoms with Crippen LogP contribution >= 0.6 is 0 Å². The molecule has 1 aliphatic rings. The number of aromatic nitrogens is 2. The minimum atomic E-state index is -0.303. The first-order chi connectivity index (χ1) is 17.3. The number of para-hydroxylation sites is 2. The maximum atomic E-state index is 13.9. The highest BCUT2D eigenvalue weighted by atomic mass is 16.2. The first kappa shape index (κ1) is 21.6. The first-order valence-corrected chi connectivity index (χ1v) is 12.6. The molecule has 174 valence electrons. The summed E-state index contributed by atoms with van der Waals surface area (Å²) in [5, 5.41) is 5.59. The molecule has 4 heteroatoms. The molecule has 4 nitrogen and oxygen atoms in total. The van der Waals surface area contributed by atoms with Gasteiger partial charge < -0.3 is 9.88 Å². The number of carbonyl (C=O) groups excluding carboxylic acids is 1. The average Bonchev–Trinajstić information content (AvgIpc) is 3.57. The largest absolute Gasteiger partial charge is 0.350 e. The average molecular weight is 460 g/mol. The van der Waals surface area contributed by atoms with E-state index in [0.29, 0.717) is 6.54 Å². The topological polar surface area (TPSA) is 46.9 Å². The maximum Gasteiger partial charge on any atom is 0.243 e. The minimum absolute atomic E-state index is 0.0744. The standard InChI is InChI=1S/C31H29N3O/c35-31(32-21-22-11-2-1-3-12-22)29(24-14-4-5-15-24)34-28-20-9-8-19-27(28)33-30(34)26-18-10-16-23-13-6-7-17-25(23)26/h1-3,6-13,16-20,24,29H,4-5,14-15,21H2,(H,32,35). The van der Waals surface area contributed by atoms with Crippen LogP contribution in [0.5, 0.6) is 0 Å². The summed E-state index contributed by atoms with van der Waals surface area (Å²) in [7, 11) is 0. The molecule has 1 atom stereocenters. The second-order valence-corrected chi connectivity index (χ2v) is 9.51. The van der Waals surface area contributed by atoms with E-state index in [9.17, 15) is 4.79 Å². The molecule has 1 amide bonds. The highest BCUT2D eigenvalue weighted by molar-refractivity contribution is 5.97. The van der Waals surface area contributed by atoms with Gasteiger partial charge in [-0.1, -0.05) is 97.8 Å². The van der Waals surface area contributed by atoms with Crippen LogP contribution in [0.3, 0.4) is 0 Å². The fraction of sp³-hybridized carbons (Fsp3) is 0.226. The second kappa shape index (κ2) is 9.38. The van der Waals surface area contributed by atoms with Crippen LogP contribution < -0.4 is 5.32 Å². The zero-order chi connectivity index (χ0) is 23.6. The van der Waals surface area contributed by atoms with Crippen molar-refractivity contribution in [2.24, 2.45) is 5.92 Å². The van der Waals surface area contributed by atoms with E-state index in [1.54, 1.807) is 0 Å². The molecule has 1 aromatic heterocycles. The molecule has 0 saturated heterocycles. The Labute approximate surface area is 205 Å². The summed E-state index contributed by atoms with van der Waals surface area (Å²) in [5.41, 5.74) is 4.12. The molecule has 1 unspecified atom stereocenters. The number of rotatable bonds is 6. The Bertz CT molecular complexity index is 1480. The van der Waals surface area contributed by atoms with Crippen LogP contribution in [0.4, 0.5) is 0 Å². The molecule has 35 heavy (non-hydrogen) atoms. The van der Waals surface area contributed by atoms with Crippen molar-refractivity contribution in [1.29, 1.82) is 0 Å². The molecular formula is C31H29N3O. The van der Waals surface area contributed by atoms with E-state index in [1.165, 1.54) is 18.2 Å². The summed E-state index contributed by atoms with van der Waals surface area (Å²) in [4.78, 5) is 19.0. The molecule has 0 radical (unpaired) electrons. The van der Waals surface area contributed by atoms with E-state index in [0.717, 1.165) is 46.2 Å². The number of hydrogen-bond acceptors (Lipinski definition) is 2. The fourth-order valence-corrected chi connectivity index (χ4v) is 5.64. The van der Waals surface area contributed by atoms with E-state index in [1.807, 2.05) is 36.4 Å². The summed E-state index contributed by atoms with van der Waals surface area (Å²) in [5.74, 6) is 1.23. The van der Waals surface area contributed by atoms with Crippen LogP contribution in [-0.4, -0.2) is 15.5 Å². The summed E-state index contributed by atoms with van der Waals surface area (Å²) in [6, 6.07) is 32.8. The quantitative estimate of drug-likeness (QED) is 0.300. The van der Waals surface area contributed by atoms with Crippen LogP contribution in [-0.2, 0) is 11.3 Å². The molecule has 1 fully saturated rings. The number of nitrogens with one attached hydrogen (secondary N) is 1. The van der Waals surface area contributed by atoms with Gasteiger partial charge in [-0.15, -0.1) is 0 Å². The van der Waals surface area contributed by atoms with Gasteiger partial charge in [-0.05, 0) is 47.2 Å². The SMILES string of the molecule is O=C(NCc1ccccc1)C(C1CCCC1)n1c(-c2cccc3ccccc23)nc2ccccc21. The monoisotopic (exact) mass is 459 g/mol. The van der Waals surface area contributed by atoms with Gasteiger partial charge in [0.15, 0.2) is 0 Å². The molecule has 0 spiro atoms. The van der Waals surface area contributed by atoms with Crippen molar-refractivity contribution in [1.82, 2.24) is 14.9 Å². The third kappa shape index (κ3) is 4.10. The van der Waals surface area contributed by atoms with Crippen molar-refractivity contribution in [3.05, 3.63) is 103 Å². The van der Waals surface area contributed by atoms with Crippen molar-refractivity contribution in [2.75, 3.05) is 0 Å². The lowest BCUT2D eigenvalue weighted by atomic mass is 9.95. The van der Waals surface area contributed by atoms with E-state index in [2.05, 4.69) is 70.5 Å². The van der Waals surface area contributed by atoms with E-state index >= 15 is 0 Å². The van der Waals surface area contributed by atoms with Gasteiger partial charge in [-0.3, -0.25) is 4.79 Å². The number of amides is 1. The second-order valence-electron chi connectivity index (χ2n) is 9.51. The molecule has 4 aromatic carbocycles. The van der Waals surface area contributed by atoms with Crippen LogP contribution in [0, 0.1) is 5.92 Å². The number of imidazole rings is 1. The number of carbonyl (C=O) groups is 1. The zero-order valence-corrected chi connectivity index (χ0v) is 19.7. The third-order valence-corrected chi connectivity index (χ3v) is 7.33. The van der Waals surface area contributed by atoms with Crippen molar-refractivity contribution in [2.45, 2.75) is 38.3 Å². The maximum absolute atomic E-state index is 13.9. The van der Waals surface area contributed by atoms with Gasteiger partial charge in [0, 0.05) is 12.1 Å². The molecule has 1 aliphatic carbocycles. The lowest BCUT2D eigenvalue weighted by molar-refractivity contribution is -0.125. The van der Waals surface area contributed by atoms with Gasteiger partial charge in [-0.2, -0.15) is 0 Å². The van der Waals surface area contributed by atoms with Gasteiger partial charge in [0.25, 0.3) is 0 Å². The van der Waals surface area contributed by atoms with E-state index in [-0.39, 0.29) is 17.9 Å². The Hall–Kier alpha value is -3.92. The highest BCUT2D eigenvalue weighted by Crippen LogP contribution is 2.40. The Morgan fingerprint density at radius 3 is 2.43 bits per heavy atom.